The largest absolute Gasteiger partial charge is 0.493 e. The summed E-state index contributed by atoms with van der Waals surface area (Å²) in [5, 5.41) is 16.4. The summed E-state index contributed by atoms with van der Waals surface area (Å²) in [4.78, 5) is 30.3. The molecule has 202 valence electrons. The van der Waals surface area contributed by atoms with Crippen molar-refractivity contribution in [3.8, 4) is 17.2 Å². The topological polar surface area (TPSA) is 134 Å². The summed E-state index contributed by atoms with van der Waals surface area (Å²) in [5.41, 5.74) is 2.55. The average Bonchev–Trinajstić information content (AvgIpc) is 3.50. The zero-order valence-electron chi connectivity index (χ0n) is 21.8. The van der Waals surface area contributed by atoms with Gasteiger partial charge in [-0.1, -0.05) is 11.3 Å². The molecule has 0 spiro atoms. The van der Waals surface area contributed by atoms with E-state index in [4.69, 9.17) is 24.2 Å². The number of piperazine rings is 1. The molecule has 2 aliphatic heterocycles. The highest BCUT2D eigenvalue weighted by Crippen LogP contribution is 2.40. The number of fused-ring (bicyclic) bond motifs is 1. The Morgan fingerprint density at radius 2 is 1.74 bits per heavy atom. The van der Waals surface area contributed by atoms with E-state index in [1.807, 2.05) is 12.1 Å². The minimum Gasteiger partial charge on any atom is -0.493 e. The minimum atomic E-state index is -0.999. The fourth-order valence-electron chi connectivity index (χ4n) is 4.84. The molecule has 0 bridgehead atoms. The first kappa shape index (κ1) is 25.8. The predicted molar refractivity (Wildman–Crippen MR) is 145 cm³/mol. The second-order valence-electron chi connectivity index (χ2n) is 8.98. The second-order valence-corrected chi connectivity index (χ2v) is 9.98. The van der Waals surface area contributed by atoms with E-state index in [0.717, 1.165) is 73.2 Å². The number of aromatic carboxylic acids is 1. The SMILES string of the molecule is COc1cc(CN2CCc3c(N4CCNCC4)nc(Nc4nc(C)c(C(=O)O)s4)nc32)cc(OC)c1OC. The van der Waals surface area contributed by atoms with Crippen LogP contribution in [0.5, 0.6) is 17.2 Å². The molecule has 1 saturated heterocycles. The number of benzene rings is 1. The molecule has 0 saturated carbocycles. The number of nitrogens with zero attached hydrogens (tertiary/aromatic N) is 5. The molecule has 13 heteroatoms. The highest BCUT2D eigenvalue weighted by molar-refractivity contribution is 7.17. The van der Waals surface area contributed by atoms with Crippen molar-refractivity contribution in [2.24, 2.45) is 0 Å². The van der Waals surface area contributed by atoms with Gasteiger partial charge in [0.2, 0.25) is 11.7 Å². The van der Waals surface area contributed by atoms with Crippen LogP contribution in [0.15, 0.2) is 12.1 Å². The van der Waals surface area contributed by atoms with Gasteiger partial charge in [0.05, 0.1) is 27.0 Å². The summed E-state index contributed by atoms with van der Waals surface area (Å²) in [6.07, 6.45) is 0.818. The molecule has 1 fully saturated rings. The quantitative estimate of drug-likeness (QED) is 0.368. The van der Waals surface area contributed by atoms with Crippen LogP contribution in [-0.4, -0.2) is 80.1 Å². The summed E-state index contributed by atoms with van der Waals surface area (Å²) in [6, 6.07) is 3.89. The number of methoxy groups -OCH3 is 3. The first-order chi connectivity index (χ1) is 18.4. The van der Waals surface area contributed by atoms with Crippen LogP contribution < -0.4 is 34.6 Å². The van der Waals surface area contributed by atoms with Crippen LogP contribution in [0.4, 0.5) is 22.7 Å². The lowest BCUT2D eigenvalue weighted by Gasteiger charge is -2.30. The van der Waals surface area contributed by atoms with Crippen LogP contribution in [-0.2, 0) is 13.0 Å². The fourth-order valence-corrected chi connectivity index (χ4v) is 5.64. The molecule has 1 aromatic carbocycles. The lowest BCUT2D eigenvalue weighted by atomic mass is 10.1. The third-order valence-electron chi connectivity index (χ3n) is 6.62. The Morgan fingerprint density at radius 3 is 2.34 bits per heavy atom. The molecule has 0 atom stereocenters. The average molecular weight is 542 g/mol. The molecule has 38 heavy (non-hydrogen) atoms. The molecule has 0 unspecified atom stereocenters. The van der Waals surface area contributed by atoms with Crippen LogP contribution in [0.3, 0.4) is 0 Å². The van der Waals surface area contributed by atoms with E-state index in [9.17, 15) is 9.90 Å². The lowest BCUT2D eigenvalue weighted by Crippen LogP contribution is -2.44. The number of hydrogen-bond acceptors (Lipinski definition) is 12. The summed E-state index contributed by atoms with van der Waals surface area (Å²) in [7, 11) is 4.80. The van der Waals surface area contributed by atoms with Crippen molar-refractivity contribution in [1.29, 1.82) is 0 Å². The van der Waals surface area contributed by atoms with E-state index in [1.165, 1.54) is 0 Å². The van der Waals surface area contributed by atoms with E-state index in [2.05, 4.69) is 25.4 Å². The van der Waals surface area contributed by atoms with Gasteiger partial charge in [0.25, 0.3) is 0 Å². The number of hydrogen-bond donors (Lipinski definition) is 3. The van der Waals surface area contributed by atoms with Gasteiger partial charge < -0.3 is 34.4 Å². The van der Waals surface area contributed by atoms with Gasteiger partial charge in [0.15, 0.2) is 16.6 Å². The number of aromatic nitrogens is 3. The van der Waals surface area contributed by atoms with Gasteiger partial charge >= 0.3 is 5.97 Å². The first-order valence-electron chi connectivity index (χ1n) is 12.3. The molecule has 2 aromatic heterocycles. The first-order valence-corrected chi connectivity index (χ1v) is 13.1. The number of anilines is 4. The van der Waals surface area contributed by atoms with Crippen LogP contribution >= 0.6 is 11.3 Å². The Balaban J connectivity index is 1.51. The number of aryl methyl sites for hydroxylation is 1. The van der Waals surface area contributed by atoms with Gasteiger partial charge in [-0.15, -0.1) is 0 Å². The van der Waals surface area contributed by atoms with Crippen molar-refractivity contribution in [2.75, 3.05) is 69.2 Å². The van der Waals surface area contributed by atoms with E-state index in [0.29, 0.717) is 40.6 Å². The van der Waals surface area contributed by atoms with Crippen LogP contribution in [0.1, 0.15) is 26.5 Å². The zero-order chi connectivity index (χ0) is 26.8. The van der Waals surface area contributed by atoms with Crippen molar-refractivity contribution in [3.05, 3.63) is 33.8 Å². The highest BCUT2D eigenvalue weighted by Gasteiger charge is 2.30. The van der Waals surface area contributed by atoms with Crippen LogP contribution in [0.2, 0.25) is 0 Å². The normalized spacial score (nSPS) is 14.8. The summed E-state index contributed by atoms with van der Waals surface area (Å²) in [5.74, 6) is 2.88. The van der Waals surface area contributed by atoms with Gasteiger partial charge in [0, 0.05) is 44.8 Å². The number of carbonyl (C=O) groups is 1. The zero-order valence-corrected chi connectivity index (χ0v) is 22.6. The Kier molecular flexibility index (Phi) is 7.38. The molecular weight excluding hydrogens is 510 g/mol. The number of ether oxygens (including phenoxy) is 3. The van der Waals surface area contributed by atoms with Crippen LogP contribution in [0, 0.1) is 6.92 Å². The maximum Gasteiger partial charge on any atom is 0.347 e. The summed E-state index contributed by atoms with van der Waals surface area (Å²) < 4.78 is 16.6. The maximum absolute atomic E-state index is 11.5. The molecule has 0 aliphatic carbocycles. The number of rotatable bonds is 9. The number of carboxylic acids is 1. The van der Waals surface area contributed by atoms with Gasteiger partial charge in [-0.2, -0.15) is 9.97 Å². The van der Waals surface area contributed by atoms with E-state index >= 15 is 0 Å². The van der Waals surface area contributed by atoms with Crippen molar-refractivity contribution in [3.63, 3.8) is 0 Å². The van der Waals surface area contributed by atoms with E-state index in [1.54, 1.807) is 28.3 Å². The monoisotopic (exact) mass is 541 g/mol. The molecule has 12 nitrogen and oxygen atoms in total. The molecule has 2 aliphatic rings. The molecular formula is C25H31N7O5S. The molecule has 5 rings (SSSR count). The molecule has 3 aromatic rings. The van der Waals surface area contributed by atoms with Crippen molar-refractivity contribution >= 4 is 40.0 Å². The van der Waals surface area contributed by atoms with Gasteiger partial charge in [0.1, 0.15) is 16.5 Å². The number of nitrogens with one attached hydrogen (secondary N) is 2. The summed E-state index contributed by atoms with van der Waals surface area (Å²) in [6.45, 7) is 6.49. The van der Waals surface area contributed by atoms with E-state index in [-0.39, 0.29) is 4.88 Å². The Hall–Kier alpha value is -3.84. The Bertz CT molecular complexity index is 1320. The summed E-state index contributed by atoms with van der Waals surface area (Å²) >= 11 is 1.07. The molecule has 0 amide bonds. The Labute approximate surface area is 224 Å². The fraction of sp³-hybridized carbons (Fsp3) is 0.440. The van der Waals surface area contributed by atoms with Crippen molar-refractivity contribution in [1.82, 2.24) is 20.3 Å². The lowest BCUT2D eigenvalue weighted by molar-refractivity contribution is 0.0701. The minimum absolute atomic E-state index is 0.194. The highest BCUT2D eigenvalue weighted by atomic mass is 32.1. The predicted octanol–water partition coefficient (Wildman–Crippen LogP) is 2.68. The molecule has 0 radical (unpaired) electrons. The number of carboxylic acid groups (broad SMARTS) is 1. The number of thiazole rings is 1. The molecule has 3 N–H and O–H groups in total. The van der Waals surface area contributed by atoms with Crippen molar-refractivity contribution < 1.29 is 24.1 Å². The Morgan fingerprint density at radius 1 is 1.05 bits per heavy atom. The van der Waals surface area contributed by atoms with Gasteiger partial charge in [-0.25, -0.2) is 9.78 Å². The molecule has 4 heterocycles. The third kappa shape index (κ3) is 4.98. The van der Waals surface area contributed by atoms with E-state index < -0.39 is 5.97 Å². The maximum atomic E-state index is 11.5. The second kappa shape index (κ2) is 10.9. The van der Waals surface area contributed by atoms with Crippen LogP contribution in [0.25, 0.3) is 0 Å². The third-order valence-corrected chi connectivity index (χ3v) is 7.68. The smallest absolute Gasteiger partial charge is 0.347 e. The van der Waals surface area contributed by atoms with Gasteiger partial charge in [-0.3, -0.25) is 5.32 Å². The van der Waals surface area contributed by atoms with Gasteiger partial charge in [-0.05, 0) is 31.0 Å². The standard InChI is InChI=1S/C25H31N7O5S/c1-14-20(23(33)34)38-25(27-14)30-24-28-21(31-9-6-26-7-10-31)16-5-8-32(22(16)29-24)13-15-11-17(35-2)19(37-4)18(12-15)36-3/h11-12,26H,5-10,13H2,1-4H3,(H,33,34)(H,27,28,29,30). The van der Waals surface area contributed by atoms with Crippen molar-refractivity contribution in [2.45, 2.75) is 19.9 Å².